The molecule has 0 bridgehead atoms. The molecule has 86 valence electrons. The van der Waals surface area contributed by atoms with E-state index < -0.39 is 0 Å². The van der Waals surface area contributed by atoms with Crippen molar-refractivity contribution in [2.75, 3.05) is 7.11 Å². The molecule has 0 amide bonds. The van der Waals surface area contributed by atoms with E-state index in [4.69, 9.17) is 27.9 Å². The van der Waals surface area contributed by atoms with Crippen LogP contribution in [0.15, 0.2) is 6.07 Å². The fraction of sp³-hybridized carbons (Fsp3) is 0.417. The summed E-state index contributed by atoms with van der Waals surface area (Å²) in [6, 6.07) is 1.80. The summed E-state index contributed by atoms with van der Waals surface area (Å²) in [7, 11) is 1.50. The Hall–Kier alpha value is -0.730. The van der Waals surface area contributed by atoms with Gasteiger partial charge in [0.15, 0.2) is 11.5 Å². The number of hydrogen-bond donors (Lipinski definition) is 0. The highest BCUT2D eigenvalue weighted by Gasteiger charge is 2.23. The first-order chi connectivity index (χ1) is 7.65. The molecule has 2 nitrogen and oxygen atoms in total. The highest BCUT2D eigenvalue weighted by Crippen LogP contribution is 2.39. The summed E-state index contributed by atoms with van der Waals surface area (Å²) in [5.41, 5.74) is 1.54. The number of Topliss-reactive ketones (excluding diaryl/α,β-unsaturated/α-hetero) is 1. The third kappa shape index (κ3) is 1.92. The average molecular weight is 259 g/mol. The Morgan fingerprint density at radius 2 is 1.94 bits per heavy atom. The lowest BCUT2D eigenvalue weighted by molar-refractivity contribution is 0.0982. The Bertz CT molecular complexity index is 441. The summed E-state index contributed by atoms with van der Waals surface area (Å²) in [6.45, 7) is 0. The third-order valence-corrected chi connectivity index (χ3v) is 3.48. The lowest BCUT2D eigenvalue weighted by atomic mass is 10.0. The lowest BCUT2D eigenvalue weighted by Gasteiger charge is -2.12. The number of fused-ring (bicyclic) bond motifs is 1. The number of ketones is 1. The molecule has 0 N–H and O–H groups in total. The van der Waals surface area contributed by atoms with Gasteiger partial charge in [-0.2, -0.15) is 0 Å². The summed E-state index contributed by atoms with van der Waals surface area (Å²) < 4.78 is 5.11. The van der Waals surface area contributed by atoms with Crippen molar-refractivity contribution in [3.05, 3.63) is 27.2 Å². The molecule has 4 heteroatoms. The predicted molar refractivity (Wildman–Crippen MR) is 64.9 cm³/mol. The largest absolute Gasteiger partial charge is 0.494 e. The Kier molecular flexibility index (Phi) is 3.41. The van der Waals surface area contributed by atoms with Crippen LogP contribution in [0.5, 0.6) is 5.75 Å². The van der Waals surface area contributed by atoms with Crippen molar-refractivity contribution < 1.29 is 9.53 Å². The van der Waals surface area contributed by atoms with Crippen molar-refractivity contribution in [2.24, 2.45) is 0 Å². The molecule has 0 saturated carbocycles. The van der Waals surface area contributed by atoms with Gasteiger partial charge in [-0.3, -0.25) is 4.79 Å². The van der Waals surface area contributed by atoms with Crippen LogP contribution in [0.2, 0.25) is 10.0 Å². The number of ether oxygens (including phenoxy) is 1. The molecule has 1 aromatic rings. The molecule has 0 radical (unpaired) electrons. The Morgan fingerprint density at radius 3 is 2.62 bits per heavy atom. The Labute approximate surface area is 104 Å². The van der Waals surface area contributed by atoms with E-state index in [1.165, 1.54) is 7.11 Å². The minimum atomic E-state index is 0.0902. The SMILES string of the molecule is COc1c(Cl)cc2c(c1Cl)C(=O)CCCC2. The minimum absolute atomic E-state index is 0.0902. The summed E-state index contributed by atoms with van der Waals surface area (Å²) in [5.74, 6) is 0.491. The molecule has 16 heavy (non-hydrogen) atoms. The van der Waals surface area contributed by atoms with Gasteiger partial charge in [-0.05, 0) is 30.9 Å². The van der Waals surface area contributed by atoms with Crippen LogP contribution in [-0.4, -0.2) is 12.9 Å². The molecule has 0 aliphatic heterocycles. The summed E-state index contributed by atoms with van der Waals surface area (Å²) in [6.07, 6.45) is 3.31. The normalized spacial score (nSPS) is 15.6. The van der Waals surface area contributed by atoms with E-state index in [0.29, 0.717) is 27.8 Å². The molecule has 0 spiro atoms. The van der Waals surface area contributed by atoms with Gasteiger partial charge in [0, 0.05) is 12.0 Å². The first-order valence-corrected chi connectivity index (χ1v) is 5.98. The molecular formula is C12H12Cl2O2. The number of halogens is 2. The van der Waals surface area contributed by atoms with Crippen LogP contribution in [0.3, 0.4) is 0 Å². The van der Waals surface area contributed by atoms with E-state index in [2.05, 4.69) is 0 Å². The Balaban J connectivity index is 2.65. The maximum Gasteiger partial charge on any atom is 0.164 e. The van der Waals surface area contributed by atoms with E-state index in [1.807, 2.05) is 0 Å². The maximum absolute atomic E-state index is 11.9. The van der Waals surface area contributed by atoms with Gasteiger partial charge in [0.05, 0.1) is 17.2 Å². The van der Waals surface area contributed by atoms with Crippen molar-refractivity contribution in [2.45, 2.75) is 25.7 Å². The number of rotatable bonds is 1. The van der Waals surface area contributed by atoms with Crippen LogP contribution in [-0.2, 0) is 6.42 Å². The summed E-state index contributed by atoms with van der Waals surface area (Å²) in [4.78, 5) is 11.9. The molecule has 0 aromatic heterocycles. The molecule has 0 fully saturated rings. The minimum Gasteiger partial charge on any atom is -0.494 e. The molecule has 1 aromatic carbocycles. The Morgan fingerprint density at radius 1 is 1.25 bits per heavy atom. The second kappa shape index (κ2) is 4.64. The fourth-order valence-electron chi connectivity index (χ4n) is 2.06. The van der Waals surface area contributed by atoms with E-state index >= 15 is 0 Å². The maximum atomic E-state index is 11.9. The zero-order chi connectivity index (χ0) is 11.7. The van der Waals surface area contributed by atoms with Crippen LogP contribution < -0.4 is 4.74 Å². The van der Waals surface area contributed by atoms with Crippen molar-refractivity contribution in [1.82, 2.24) is 0 Å². The van der Waals surface area contributed by atoms with Gasteiger partial charge in [0.2, 0.25) is 0 Å². The van der Waals surface area contributed by atoms with Gasteiger partial charge in [-0.25, -0.2) is 0 Å². The third-order valence-electron chi connectivity index (χ3n) is 2.84. The molecule has 2 rings (SSSR count). The second-order valence-corrected chi connectivity index (χ2v) is 4.66. The second-order valence-electron chi connectivity index (χ2n) is 3.87. The molecule has 0 saturated heterocycles. The molecular weight excluding hydrogens is 247 g/mol. The molecule has 1 aliphatic carbocycles. The number of methoxy groups -OCH3 is 1. The zero-order valence-electron chi connectivity index (χ0n) is 8.98. The number of benzene rings is 1. The summed E-state index contributed by atoms with van der Waals surface area (Å²) >= 11 is 12.2. The standard InChI is InChI=1S/C12H12Cl2O2/c1-16-12-8(13)6-7-4-2-3-5-9(15)10(7)11(12)14/h6H,2-5H2,1H3. The monoisotopic (exact) mass is 258 g/mol. The number of carbonyl (C=O) groups is 1. The van der Waals surface area contributed by atoms with Crippen molar-refractivity contribution >= 4 is 29.0 Å². The lowest BCUT2D eigenvalue weighted by Crippen LogP contribution is -2.03. The first kappa shape index (κ1) is 11.7. The summed E-state index contributed by atoms with van der Waals surface area (Å²) in [5, 5.41) is 0.831. The van der Waals surface area contributed by atoms with Gasteiger partial charge < -0.3 is 4.74 Å². The average Bonchev–Trinajstić information content (AvgIpc) is 2.41. The smallest absolute Gasteiger partial charge is 0.164 e. The van der Waals surface area contributed by atoms with Gasteiger partial charge in [-0.1, -0.05) is 23.2 Å². The van der Waals surface area contributed by atoms with Crippen LogP contribution >= 0.6 is 23.2 Å². The fourth-order valence-corrected chi connectivity index (χ4v) is 2.82. The van der Waals surface area contributed by atoms with Crippen LogP contribution in [0.4, 0.5) is 0 Å². The highest BCUT2D eigenvalue weighted by atomic mass is 35.5. The highest BCUT2D eigenvalue weighted by molar-refractivity contribution is 6.39. The van der Waals surface area contributed by atoms with E-state index in [9.17, 15) is 4.79 Å². The van der Waals surface area contributed by atoms with Gasteiger partial charge >= 0.3 is 0 Å². The number of hydrogen-bond acceptors (Lipinski definition) is 2. The molecule has 0 unspecified atom stereocenters. The predicted octanol–water partition coefficient (Wildman–Crippen LogP) is 3.91. The van der Waals surface area contributed by atoms with E-state index in [-0.39, 0.29) is 5.78 Å². The van der Waals surface area contributed by atoms with E-state index in [0.717, 1.165) is 24.8 Å². The van der Waals surface area contributed by atoms with Crippen molar-refractivity contribution in [3.8, 4) is 5.75 Å². The van der Waals surface area contributed by atoms with Crippen LogP contribution in [0.1, 0.15) is 35.2 Å². The first-order valence-electron chi connectivity index (χ1n) is 5.23. The number of aryl methyl sites for hydroxylation is 1. The zero-order valence-corrected chi connectivity index (χ0v) is 10.5. The topological polar surface area (TPSA) is 26.3 Å². The molecule has 0 heterocycles. The van der Waals surface area contributed by atoms with Crippen LogP contribution in [0.25, 0.3) is 0 Å². The van der Waals surface area contributed by atoms with Crippen molar-refractivity contribution in [1.29, 1.82) is 0 Å². The van der Waals surface area contributed by atoms with E-state index in [1.54, 1.807) is 6.07 Å². The van der Waals surface area contributed by atoms with Gasteiger partial charge in [0.1, 0.15) is 0 Å². The molecule has 1 aliphatic rings. The van der Waals surface area contributed by atoms with Crippen LogP contribution in [0, 0.1) is 0 Å². The quantitative estimate of drug-likeness (QED) is 0.714. The van der Waals surface area contributed by atoms with Gasteiger partial charge in [-0.15, -0.1) is 0 Å². The molecule has 0 atom stereocenters. The van der Waals surface area contributed by atoms with Crippen molar-refractivity contribution in [3.63, 3.8) is 0 Å². The number of carbonyl (C=O) groups excluding carboxylic acids is 1. The van der Waals surface area contributed by atoms with Gasteiger partial charge in [0.25, 0.3) is 0 Å².